The van der Waals surface area contributed by atoms with E-state index in [4.69, 9.17) is 5.73 Å². The standard InChI is InChI=1S/C13H15BrN2S/c1-3-11-12(17-13(15)16-11)7-9-4-8(2)5-10(14)6-9/h4-6H,3,7H2,1-2H3,(H2,15,16). The summed E-state index contributed by atoms with van der Waals surface area (Å²) in [6, 6.07) is 6.48. The van der Waals surface area contributed by atoms with Crippen molar-refractivity contribution < 1.29 is 0 Å². The summed E-state index contributed by atoms with van der Waals surface area (Å²) in [5, 5.41) is 0.670. The molecule has 0 bridgehead atoms. The summed E-state index contributed by atoms with van der Waals surface area (Å²) < 4.78 is 1.13. The highest BCUT2D eigenvalue weighted by Gasteiger charge is 2.09. The number of aromatic nitrogens is 1. The molecule has 2 N–H and O–H groups in total. The third kappa shape index (κ3) is 3.07. The van der Waals surface area contributed by atoms with E-state index in [0.717, 1.165) is 23.0 Å². The van der Waals surface area contributed by atoms with Crippen LogP contribution < -0.4 is 5.73 Å². The fourth-order valence-electron chi connectivity index (χ4n) is 1.92. The summed E-state index contributed by atoms with van der Waals surface area (Å²) in [4.78, 5) is 5.63. The van der Waals surface area contributed by atoms with Gasteiger partial charge in [-0.1, -0.05) is 28.9 Å². The maximum Gasteiger partial charge on any atom is 0.180 e. The van der Waals surface area contributed by atoms with Gasteiger partial charge in [0.15, 0.2) is 5.13 Å². The summed E-state index contributed by atoms with van der Waals surface area (Å²) >= 11 is 5.13. The van der Waals surface area contributed by atoms with E-state index in [2.05, 4.69) is 53.0 Å². The number of halogens is 1. The zero-order chi connectivity index (χ0) is 12.4. The first-order chi connectivity index (χ1) is 8.08. The highest BCUT2D eigenvalue weighted by Crippen LogP contribution is 2.25. The molecule has 0 radical (unpaired) electrons. The van der Waals surface area contributed by atoms with Crippen molar-refractivity contribution in [3.8, 4) is 0 Å². The number of nitrogens with two attached hydrogens (primary N) is 1. The van der Waals surface area contributed by atoms with Crippen LogP contribution in [0.2, 0.25) is 0 Å². The average Bonchev–Trinajstić information content (AvgIpc) is 2.57. The SMILES string of the molecule is CCc1nc(N)sc1Cc1cc(C)cc(Br)c1. The molecule has 1 aromatic carbocycles. The van der Waals surface area contributed by atoms with Crippen LogP contribution in [0, 0.1) is 6.92 Å². The Morgan fingerprint density at radius 2 is 2.12 bits per heavy atom. The van der Waals surface area contributed by atoms with Gasteiger partial charge in [-0.3, -0.25) is 0 Å². The van der Waals surface area contributed by atoms with Crippen molar-refractivity contribution in [3.05, 3.63) is 44.4 Å². The van der Waals surface area contributed by atoms with Gasteiger partial charge in [-0.15, -0.1) is 11.3 Å². The maximum atomic E-state index is 5.77. The fraction of sp³-hybridized carbons (Fsp3) is 0.308. The average molecular weight is 311 g/mol. The molecule has 2 nitrogen and oxygen atoms in total. The quantitative estimate of drug-likeness (QED) is 0.932. The van der Waals surface area contributed by atoms with Crippen LogP contribution in [0.3, 0.4) is 0 Å². The second kappa shape index (κ2) is 5.19. The Balaban J connectivity index is 2.30. The molecular formula is C13H15BrN2S. The van der Waals surface area contributed by atoms with Crippen molar-refractivity contribution in [2.45, 2.75) is 26.7 Å². The van der Waals surface area contributed by atoms with Gasteiger partial charge in [0, 0.05) is 15.8 Å². The van der Waals surface area contributed by atoms with Crippen LogP contribution in [0.1, 0.15) is 28.6 Å². The predicted octanol–water partition coefficient (Wildman–Crippen LogP) is 3.95. The molecule has 1 aromatic heterocycles. The Bertz CT molecular complexity index is 514. The third-order valence-electron chi connectivity index (χ3n) is 2.60. The molecule has 0 amide bonds. The minimum atomic E-state index is 0.670. The van der Waals surface area contributed by atoms with E-state index in [-0.39, 0.29) is 0 Å². The molecule has 0 aliphatic carbocycles. The highest BCUT2D eigenvalue weighted by atomic mass is 79.9. The van der Waals surface area contributed by atoms with Crippen LogP contribution in [0.4, 0.5) is 5.13 Å². The summed E-state index contributed by atoms with van der Waals surface area (Å²) in [5.74, 6) is 0. The van der Waals surface area contributed by atoms with Crippen molar-refractivity contribution in [1.82, 2.24) is 4.98 Å². The first-order valence-electron chi connectivity index (χ1n) is 5.58. The van der Waals surface area contributed by atoms with E-state index in [1.165, 1.54) is 16.0 Å². The van der Waals surface area contributed by atoms with Crippen molar-refractivity contribution in [3.63, 3.8) is 0 Å². The lowest BCUT2D eigenvalue weighted by Gasteiger charge is -2.03. The molecule has 2 rings (SSSR count). The Labute approximate surface area is 114 Å². The van der Waals surface area contributed by atoms with Gasteiger partial charge in [0.2, 0.25) is 0 Å². The van der Waals surface area contributed by atoms with Gasteiger partial charge in [0.05, 0.1) is 5.69 Å². The van der Waals surface area contributed by atoms with Crippen molar-refractivity contribution in [2.75, 3.05) is 5.73 Å². The Kier molecular flexibility index (Phi) is 3.84. The second-order valence-corrected chi connectivity index (χ2v) is 6.12. The molecule has 0 fully saturated rings. The number of rotatable bonds is 3. The molecule has 0 aliphatic heterocycles. The largest absolute Gasteiger partial charge is 0.375 e. The second-order valence-electron chi connectivity index (χ2n) is 4.09. The van der Waals surface area contributed by atoms with E-state index < -0.39 is 0 Å². The molecule has 0 atom stereocenters. The first kappa shape index (κ1) is 12.6. The van der Waals surface area contributed by atoms with E-state index >= 15 is 0 Å². The monoisotopic (exact) mass is 310 g/mol. The third-order valence-corrected chi connectivity index (χ3v) is 3.98. The van der Waals surface area contributed by atoms with Crippen molar-refractivity contribution >= 4 is 32.4 Å². The lowest BCUT2D eigenvalue weighted by molar-refractivity contribution is 1.02. The van der Waals surface area contributed by atoms with Crippen LogP contribution in [-0.2, 0) is 12.8 Å². The number of benzene rings is 1. The molecular weight excluding hydrogens is 296 g/mol. The zero-order valence-corrected chi connectivity index (χ0v) is 12.4. The lowest BCUT2D eigenvalue weighted by atomic mass is 10.1. The van der Waals surface area contributed by atoms with Gasteiger partial charge >= 0.3 is 0 Å². The number of hydrogen-bond donors (Lipinski definition) is 1. The van der Waals surface area contributed by atoms with E-state index in [0.29, 0.717) is 5.13 Å². The molecule has 0 aliphatic rings. The molecule has 0 saturated carbocycles. The van der Waals surface area contributed by atoms with Gasteiger partial charge in [-0.05, 0) is 36.6 Å². The molecule has 0 unspecified atom stereocenters. The molecule has 90 valence electrons. The molecule has 0 saturated heterocycles. The smallest absolute Gasteiger partial charge is 0.180 e. The van der Waals surface area contributed by atoms with E-state index in [9.17, 15) is 0 Å². The van der Waals surface area contributed by atoms with E-state index in [1.54, 1.807) is 11.3 Å². The van der Waals surface area contributed by atoms with Gasteiger partial charge in [0.25, 0.3) is 0 Å². The lowest BCUT2D eigenvalue weighted by Crippen LogP contribution is -1.92. The first-order valence-corrected chi connectivity index (χ1v) is 7.19. The van der Waals surface area contributed by atoms with Crippen LogP contribution >= 0.6 is 27.3 Å². The van der Waals surface area contributed by atoms with Crippen LogP contribution in [0.25, 0.3) is 0 Å². The Morgan fingerprint density at radius 1 is 1.35 bits per heavy atom. The number of anilines is 1. The summed E-state index contributed by atoms with van der Waals surface area (Å²) in [5.41, 5.74) is 9.47. The molecule has 0 spiro atoms. The topological polar surface area (TPSA) is 38.9 Å². The molecule has 4 heteroatoms. The Morgan fingerprint density at radius 3 is 2.76 bits per heavy atom. The van der Waals surface area contributed by atoms with Gasteiger partial charge in [-0.2, -0.15) is 0 Å². The van der Waals surface area contributed by atoms with Crippen molar-refractivity contribution in [1.29, 1.82) is 0 Å². The Hall–Kier alpha value is -0.870. The number of nitrogen functional groups attached to an aromatic ring is 1. The van der Waals surface area contributed by atoms with Crippen LogP contribution in [-0.4, -0.2) is 4.98 Å². The van der Waals surface area contributed by atoms with Crippen molar-refractivity contribution in [2.24, 2.45) is 0 Å². The number of hydrogen-bond acceptors (Lipinski definition) is 3. The minimum absolute atomic E-state index is 0.670. The van der Waals surface area contributed by atoms with E-state index in [1.807, 2.05) is 0 Å². The predicted molar refractivity (Wildman–Crippen MR) is 77.6 cm³/mol. The fourth-order valence-corrected chi connectivity index (χ4v) is 3.53. The summed E-state index contributed by atoms with van der Waals surface area (Å²) in [6.07, 6.45) is 1.86. The van der Waals surface area contributed by atoms with Gasteiger partial charge < -0.3 is 5.73 Å². The summed E-state index contributed by atoms with van der Waals surface area (Å²) in [6.45, 7) is 4.22. The normalized spacial score (nSPS) is 10.8. The number of thiazole rings is 1. The molecule has 1 heterocycles. The number of aryl methyl sites for hydroxylation is 2. The zero-order valence-electron chi connectivity index (χ0n) is 9.96. The van der Waals surface area contributed by atoms with Crippen LogP contribution in [0.5, 0.6) is 0 Å². The highest BCUT2D eigenvalue weighted by molar-refractivity contribution is 9.10. The molecule has 17 heavy (non-hydrogen) atoms. The van der Waals surface area contributed by atoms with Gasteiger partial charge in [0.1, 0.15) is 0 Å². The van der Waals surface area contributed by atoms with Gasteiger partial charge in [-0.25, -0.2) is 4.98 Å². The van der Waals surface area contributed by atoms with Crippen LogP contribution in [0.15, 0.2) is 22.7 Å². The molecule has 2 aromatic rings. The summed E-state index contributed by atoms with van der Waals surface area (Å²) in [7, 11) is 0. The number of nitrogens with zero attached hydrogens (tertiary/aromatic N) is 1. The maximum absolute atomic E-state index is 5.77. The minimum Gasteiger partial charge on any atom is -0.375 e.